The SMILES string of the molecule is CCc1cc(NC(C)c2ncc(C)s2)n2ncnc2n1. The largest absolute Gasteiger partial charge is 0.361 e. The van der Waals surface area contributed by atoms with Gasteiger partial charge >= 0.3 is 0 Å². The standard InChI is InChI=1S/C13H16N6S/c1-4-10-5-11(19-13(18-10)15-7-16-19)17-9(3)12-14-6-8(2)20-12/h5-7,9,17H,4H2,1-3H3. The molecule has 0 saturated heterocycles. The minimum absolute atomic E-state index is 0.119. The first-order valence-electron chi connectivity index (χ1n) is 6.56. The lowest BCUT2D eigenvalue weighted by Gasteiger charge is -2.14. The summed E-state index contributed by atoms with van der Waals surface area (Å²) in [5, 5.41) is 8.71. The van der Waals surface area contributed by atoms with E-state index in [1.165, 1.54) is 11.2 Å². The highest BCUT2D eigenvalue weighted by Gasteiger charge is 2.13. The Bertz CT molecular complexity index is 731. The average Bonchev–Trinajstić information content (AvgIpc) is 3.06. The van der Waals surface area contributed by atoms with E-state index in [4.69, 9.17) is 0 Å². The molecule has 0 bridgehead atoms. The van der Waals surface area contributed by atoms with Crippen molar-refractivity contribution in [3.05, 3.63) is 34.2 Å². The van der Waals surface area contributed by atoms with Gasteiger partial charge in [0.05, 0.1) is 6.04 Å². The van der Waals surface area contributed by atoms with E-state index < -0.39 is 0 Å². The lowest BCUT2D eigenvalue weighted by Crippen LogP contribution is -2.11. The van der Waals surface area contributed by atoms with Gasteiger partial charge in [0.15, 0.2) is 0 Å². The smallest absolute Gasteiger partial charge is 0.254 e. The van der Waals surface area contributed by atoms with Crippen molar-refractivity contribution < 1.29 is 0 Å². The van der Waals surface area contributed by atoms with Gasteiger partial charge in [0.2, 0.25) is 0 Å². The fourth-order valence-electron chi connectivity index (χ4n) is 2.00. The van der Waals surface area contributed by atoms with Gasteiger partial charge in [0.1, 0.15) is 17.2 Å². The predicted molar refractivity (Wildman–Crippen MR) is 79.0 cm³/mol. The van der Waals surface area contributed by atoms with E-state index in [9.17, 15) is 0 Å². The van der Waals surface area contributed by atoms with Crippen LogP contribution in [0.4, 0.5) is 5.82 Å². The Balaban J connectivity index is 1.95. The molecule has 0 saturated carbocycles. The average molecular weight is 288 g/mol. The van der Waals surface area contributed by atoms with E-state index in [1.54, 1.807) is 15.9 Å². The molecule has 0 fully saturated rings. The Morgan fingerprint density at radius 2 is 2.25 bits per heavy atom. The van der Waals surface area contributed by atoms with Crippen LogP contribution < -0.4 is 5.32 Å². The van der Waals surface area contributed by atoms with Gasteiger partial charge in [-0.25, -0.2) is 9.97 Å². The quantitative estimate of drug-likeness (QED) is 0.799. The second-order valence-electron chi connectivity index (χ2n) is 4.63. The van der Waals surface area contributed by atoms with E-state index in [-0.39, 0.29) is 6.04 Å². The first-order chi connectivity index (χ1) is 9.67. The van der Waals surface area contributed by atoms with Crippen molar-refractivity contribution in [2.45, 2.75) is 33.2 Å². The van der Waals surface area contributed by atoms with E-state index in [0.717, 1.165) is 22.9 Å². The van der Waals surface area contributed by atoms with Crippen LogP contribution in [0, 0.1) is 6.92 Å². The number of aromatic nitrogens is 5. The minimum atomic E-state index is 0.119. The maximum atomic E-state index is 4.43. The number of rotatable bonds is 4. The molecule has 1 N–H and O–H groups in total. The molecule has 3 aromatic heterocycles. The van der Waals surface area contributed by atoms with Gasteiger partial charge in [0, 0.05) is 22.8 Å². The number of anilines is 1. The Kier molecular flexibility index (Phi) is 3.35. The van der Waals surface area contributed by atoms with Crippen molar-refractivity contribution >= 4 is 22.9 Å². The topological polar surface area (TPSA) is 68.0 Å². The van der Waals surface area contributed by atoms with Crippen LogP contribution in [0.3, 0.4) is 0 Å². The van der Waals surface area contributed by atoms with Crippen LogP contribution in [0.2, 0.25) is 0 Å². The molecule has 0 aromatic carbocycles. The lowest BCUT2D eigenvalue weighted by atomic mass is 10.3. The van der Waals surface area contributed by atoms with Crippen molar-refractivity contribution in [3.63, 3.8) is 0 Å². The summed E-state index contributed by atoms with van der Waals surface area (Å²) in [5.74, 6) is 1.51. The normalized spacial score (nSPS) is 12.8. The van der Waals surface area contributed by atoms with Crippen molar-refractivity contribution in [3.8, 4) is 0 Å². The van der Waals surface area contributed by atoms with Crippen molar-refractivity contribution in [2.75, 3.05) is 5.32 Å². The van der Waals surface area contributed by atoms with Gasteiger partial charge in [-0.1, -0.05) is 6.92 Å². The third kappa shape index (κ3) is 2.36. The van der Waals surface area contributed by atoms with Crippen LogP contribution in [0.5, 0.6) is 0 Å². The molecule has 3 rings (SSSR count). The highest BCUT2D eigenvalue weighted by atomic mass is 32.1. The summed E-state index contributed by atoms with van der Waals surface area (Å²) in [5.41, 5.74) is 0.996. The lowest BCUT2D eigenvalue weighted by molar-refractivity contribution is 0.825. The fraction of sp³-hybridized carbons (Fsp3) is 0.385. The highest BCUT2D eigenvalue weighted by molar-refractivity contribution is 7.11. The van der Waals surface area contributed by atoms with Gasteiger partial charge in [0.25, 0.3) is 5.78 Å². The number of nitrogens with zero attached hydrogens (tertiary/aromatic N) is 5. The molecule has 6 nitrogen and oxygen atoms in total. The third-order valence-corrected chi connectivity index (χ3v) is 4.14. The third-order valence-electron chi connectivity index (χ3n) is 3.04. The molecule has 0 radical (unpaired) electrons. The van der Waals surface area contributed by atoms with E-state index in [1.807, 2.05) is 12.3 Å². The molecule has 1 atom stereocenters. The maximum absolute atomic E-state index is 4.43. The summed E-state index contributed by atoms with van der Waals surface area (Å²) in [6.45, 7) is 6.23. The molecule has 3 heterocycles. The first kappa shape index (κ1) is 13.0. The van der Waals surface area contributed by atoms with E-state index >= 15 is 0 Å². The molecular weight excluding hydrogens is 272 g/mol. The van der Waals surface area contributed by atoms with Crippen LogP contribution >= 0.6 is 11.3 Å². The Morgan fingerprint density at radius 1 is 1.40 bits per heavy atom. The van der Waals surface area contributed by atoms with E-state index in [0.29, 0.717) is 5.78 Å². The molecule has 104 valence electrons. The molecule has 7 heteroatoms. The molecule has 0 amide bonds. The summed E-state index contributed by atoms with van der Waals surface area (Å²) in [6.07, 6.45) is 4.28. The van der Waals surface area contributed by atoms with Crippen LogP contribution in [0.15, 0.2) is 18.6 Å². The van der Waals surface area contributed by atoms with Crippen LogP contribution in [0.1, 0.15) is 35.5 Å². The van der Waals surface area contributed by atoms with Gasteiger partial charge in [-0.2, -0.15) is 14.6 Å². The maximum Gasteiger partial charge on any atom is 0.254 e. The van der Waals surface area contributed by atoms with Gasteiger partial charge in [-0.3, -0.25) is 0 Å². The molecule has 0 aliphatic carbocycles. The van der Waals surface area contributed by atoms with Crippen molar-refractivity contribution in [2.24, 2.45) is 0 Å². The van der Waals surface area contributed by atoms with E-state index in [2.05, 4.69) is 46.1 Å². The van der Waals surface area contributed by atoms with Gasteiger partial charge in [-0.05, 0) is 20.3 Å². The number of hydrogen-bond acceptors (Lipinski definition) is 6. The summed E-state index contributed by atoms with van der Waals surface area (Å²) in [4.78, 5) is 14.2. The molecule has 0 spiro atoms. The highest BCUT2D eigenvalue weighted by Crippen LogP contribution is 2.23. The second kappa shape index (κ2) is 5.16. The monoisotopic (exact) mass is 288 g/mol. The van der Waals surface area contributed by atoms with Gasteiger partial charge < -0.3 is 5.32 Å². The van der Waals surface area contributed by atoms with Crippen molar-refractivity contribution in [1.29, 1.82) is 0 Å². The second-order valence-corrected chi connectivity index (χ2v) is 5.90. The predicted octanol–water partition coefficient (Wildman–Crippen LogP) is 2.62. The zero-order chi connectivity index (χ0) is 14.1. The summed E-state index contributed by atoms with van der Waals surface area (Å²) in [7, 11) is 0. The van der Waals surface area contributed by atoms with Gasteiger partial charge in [-0.15, -0.1) is 11.3 Å². The molecule has 3 aromatic rings. The summed E-state index contributed by atoms with van der Waals surface area (Å²) < 4.78 is 1.72. The first-order valence-corrected chi connectivity index (χ1v) is 7.37. The zero-order valence-electron chi connectivity index (χ0n) is 11.7. The molecule has 20 heavy (non-hydrogen) atoms. The Labute approximate surface area is 120 Å². The minimum Gasteiger partial charge on any atom is -0.361 e. The molecule has 0 aliphatic rings. The summed E-state index contributed by atoms with van der Waals surface area (Å²) in [6, 6.07) is 2.13. The Hall–Kier alpha value is -2.02. The van der Waals surface area contributed by atoms with Crippen LogP contribution in [-0.2, 0) is 6.42 Å². The summed E-state index contributed by atoms with van der Waals surface area (Å²) >= 11 is 1.70. The van der Waals surface area contributed by atoms with Crippen LogP contribution in [0.25, 0.3) is 5.78 Å². The number of aryl methyl sites for hydroxylation is 2. The van der Waals surface area contributed by atoms with Crippen molar-refractivity contribution in [1.82, 2.24) is 24.6 Å². The molecule has 0 aliphatic heterocycles. The zero-order valence-corrected chi connectivity index (χ0v) is 12.5. The number of hydrogen-bond donors (Lipinski definition) is 1. The van der Waals surface area contributed by atoms with Crippen LogP contribution in [-0.4, -0.2) is 24.6 Å². The number of thiazole rings is 1. The Morgan fingerprint density at radius 3 is 2.95 bits per heavy atom. The number of nitrogens with one attached hydrogen (secondary N) is 1. The fourth-order valence-corrected chi connectivity index (χ4v) is 2.78. The molecule has 1 unspecified atom stereocenters. The number of fused-ring (bicyclic) bond motifs is 1. The molecular formula is C13H16N6S.